The first-order chi connectivity index (χ1) is 12.7. The number of hydrogen-bond acceptors (Lipinski definition) is 6. The van der Waals surface area contributed by atoms with E-state index in [1.165, 1.54) is 24.5 Å². The van der Waals surface area contributed by atoms with Crippen molar-refractivity contribution < 1.29 is 22.5 Å². The van der Waals surface area contributed by atoms with Gasteiger partial charge in [0.2, 0.25) is 0 Å². The van der Waals surface area contributed by atoms with Crippen LogP contribution in [0.1, 0.15) is 0 Å². The molecule has 1 aromatic carbocycles. The van der Waals surface area contributed by atoms with Crippen molar-refractivity contribution in [3.05, 3.63) is 58.7 Å². The van der Waals surface area contributed by atoms with Gasteiger partial charge in [0.1, 0.15) is 12.4 Å². The maximum Gasteiger partial charge on any atom is 0.406 e. The molecular weight excluding hydrogens is 390 g/mol. The van der Waals surface area contributed by atoms with Crippen molar-refractivity contribution in [2.75, 3.05) is 0 Å². The third-order valence-corrected chi connectivity index (χ3v) is 4.36. The van der Waals surface area contributed by atoms with Gasteiger partial charge in [0.05, 0.1) is 15.9 Å². The molecule has 7 nitrogen and oxygen atoms in total. The zero-order valence-corrected chi connectivity index (χ0v) is 14.0. The lowest BCUT2D eigenvalue weighted by Gasteiger charge is -2.12. The average molecular weight is 399 g/mol. The van der Waals surface area contributed by atoms with Gasteiger partial charge in [-0.05, 0) is 36.0 Å². The summed E-state index contributed by atoms with van der Waals surface area (Å²) in [6.45, 7) is -1.39. The molecule has 0 bridgehead atoms. The van der Waals surface area contributed by atoms with Crippen LogP contribution in [0.3, 0.4) is 0 Å². The Balaban J connectivity index is 2.06. The van der Waals surface area contributed by atoms with Crippen LogP contribution in [-0.2, 0) is 6.54 Å². The lowest BCUT2D eigenvalue weighted by Crippen LogP contribution is -2.19. The van der Waals surface area contributed by atoms with Gasteiger partial charge in [-0.25, -0.2) is 4.39 Å². The van der Waals surface area contributed by atoms with E-state index in [-0.39, 0.29) is 15.9 Å². The molecule has 0 aliphatic carbocycles. The molecule has 0 unspecified atom stereocenters. The second kappa shape index (κ2) is 7.31. The van der Waals surface area contributed by atoms with Crippen molar-refractivity contribution in [1.29, 1.82) is 0 Å². The number of rotatable bonds is 5. The van der Waals surface area contributed by atoms with Crippen molar-refractivity contribution in [2.24, 2.45) is 0 Å². The molecule has 0 N–H and O–H groups in total. The molecule has 3 rings (SSSR count). The Labute approximate surface area is 153 Å². The largest absolute Gasteiger partial charge is 0.406 e. The van der Waals surface area contributed by atoms with Gasteiger partial charge in [0.15, 0.2) is 11.0 Å². The van der Waals surface area contributed by atoms with Crippen LogP contribution >= 0.6 is 11.8 Å². The highest BCUT2D eigenvalue weighted by atomic mass is 32.2. The molecule has 0 saturated carbocycles. The summed E-state index contributed by atoms with van der Waals surface area (Å²) in [5, 5.41) is 18.4. The number of benzene rings is 1. The zero-order valence-electron chi connectivity index (χ0n) is 13.2. The number of nitrogens with zero attached hydrogens (tertiary/aromatic N) is 5. The fourth-order valence-electron chi connectivity index (χ4n) is 2.22. The van der Waals surface area contributed by atoms with Crippen molar-refractivity contribution in [2.45, 2.75) is 22.8 Å². The van der Waals surface area contributed by atoms with Crippen molar-refractivity contribution >= 4 is 17.4 Å². The molecule has 27 heavy (non-hydrogen) atoms. The van der Waals surface area contributed by atoms with E-state index >= 15 is 0 Å². The molecule has 0 fully saturated rings. The lowest BCUT2D eigenvalue weighted by molar-refractivity contribution is -0.387. The minimum atomic E-state index is -4.58. The average Bonchev–Trinajstić information content (AvgIpc) is 2.97. The second-order valence-corrected chi connectivity index (χ2v) is 6.22. The topological polar surface area (TPSA) is 86.7 Å². The number of pyridine rings is 1. The minimum absolute atomic E-state index is 0.0569. The van der Waals surface area contributed by atoms with Gasteiger partial charge >= 0.3 is 6.18 Å². The molecular formula is C15H9F4N5O2S. The van der Waals surface area contributed by atoms with E-state index in [9.17, 15) is 27.7 Å². The summed E-state index contributed by atoms with van der Waals surface area (Å²) in [6, 6.07) is 5.70. The Morgan fingerprint density at radius 1 is 1.15 bits per heavy atom. The van der Waals surface area contributed by atoms with Gasteiger partial charge in [0, 0.05) is 18.0 Å². The predicted molar refractivity (Wildman–Crippen MR) is 86.5 cm³/mol. The number of halogens is 4. The molecule has 0 saturated heterocycles. The monoisotopic (exact) mass is 399 g/mol. The lowest BCUT2D eigenvalue weighted by atomic mass is 10.2. The third-order valence-electron chi connectivity index (χ3n) is 3.31. The standard InChI is InChI=1S/C15H9F4N5O2S/c16-10-1-2-12(11(7-10)24(25)26)27-14-22-21-13(9-3-5-20-6-4-9)23(14)8-15(17,18)19/h1-7H,8H2. The van der Waals surface area contributed by atoms with Gasteiger partial charge < -0.3 is 0 Å². The van der Waals surface area contributed by atoms with E-state index in [0.717, 1.165) is 16.7 Å². The summed E-state index contributed by atoms with van der Waals surface area (Å²) in [5.74, 6) is -0.901. The second-order valence-electron chi connectivity index (χ2n) is 5.21. The normalized spacial score (nSPS) is 11.6. The van der Waals surface area contributed by atoms with Gasteiger partial charge in [0.25, 0.3) is 5.69 Å². The summed E-state index contributed by atoms with van der Waals surface area (Å²) in [6.07, 6.45) is -1.80. The Hall–Kier alpha value is -3.02. The molecule has 2 aromatic heterocycles. The Morgan fingerprint density at radius 2 is 1.85 bits per heavy atom. The first kappa shape index (κ1) is 18.8. The summed E-state index contributed by atoms with van der Waals surface area (Å²) < 4.78 is 53.2. The van der Waals surface area contributed by atoms with Gasteiger partial charge in [-0.1, -0.05) is 0 Å². The van der Waals surface area contributed by atoms with E-state index in [1.54, 1.807) is 0 Å². The van der Waals surface area contributed by atoms with Crippen LogP contribution in [-0.4, -0.2) is 30.8 Å². The summed E-state index contributed by atoms with van der Waals surface area (Å²) in [7, 11) is 0. The molecule has 0 aliphatic heterocycles. The van der Waals surface area contributed by atoms with Crippen LogP contribution in [0.2, 0.25) is 0 Å². The maximum absolute atomic E-state index is 13.3. The zero-order chi connectivity index (χ0) is 19.6. The van der Waals surface area contributed by atoms with Crippen molar-refractivity contribution in [3.8, 4) is 11.4 Å². The fourth-order valence-corrected chi connectivity index (χ4v) is 3.13. The Bertz CT molecular complexity index is 978. The van der Waals surface area contributed by atoms with Crippen molar-refractivity contribution in [1.82, 2.24) is 19.7 Å². The Morgan fingerprint density at radius 3 is 2.48 bits per heavy atom. The van der Waals surface area contributed by atoms with Gasteiger partial charge in [-0.15, -0.1) is 10.2 Å². The van der Waals surface area contributed by atoms with E-state index in [1.807, 2.05) is 0 Å². The van der Waals surface area contributed by atoms with Gasteiger partial charge in [-0.2, -0.15) is 13.2 Å². The predicted octanol–water partition coefficient (Wildman–Crippen LogP) is 4.10. The number of nitro groups is 1. The molecule has 0 aliphatic rings. The number of hydrogen-bond donors (Lipinski definition) is 0. The first-order valence-electron chi connectivity index (χ1n) is 7.27. The summed E-state index contributed by atoms with van der Waals surface area (Å²) in [5.41, 5.74) is -0.228. The van der Waals surface area contributed by atoms with Crippen LogP contribution in [0, 0.1) is 15.9 Å². The van der Waals surface area contributed by atoms with Crippen LogP contribution in [0.5, 0.6) is 0 Å². The highest BCUT2D eigenvalue weighted by Gasteiger charge is 2.32. The van der Waals surface area contributed by atoms with Gasteiger partial charge in [-0.3, -0.25) is 19.7 Å². The minimum Gasteiger partial charge on any atom is -0.293 e. The van der Waals surface area contributed by atoms with Crippen LogP contribution < -0.4 is 0 Å². The molecule has 0 atom stereocenters. The van der Waals surface area contributed by atoms with E-state index < -0.39 is 29.1 Å². The molecule has 0 amide bonds. The quantitative estimate of drug-likeness (QED) is 0.365. The SMILES string of the molecule is O=[N+]([O-])c1cc(F)ccc1Sc1nnc(-c2ccncc2)n1CC(F)(F)F. The first-order valence-corrected chi connectivity index (χ1v) is 8.08. The summed E-state index contributed by atoms with van der Waals surface area (Å²) in [4.78, 5) is 14.0. The molecule has 140 valence electrons. The van der Waals surface area contributed by atoms with Crippen LogP contribution in [0.15, 0.2) is 52.8 Å². The van der Waals surface area contributed by atoms with E-state index in [2.05, 4.69) is 15.2 Å². The molecule has 0 spiro atoms. The molecule has 12 heteroatoms. The van der Waals surface area contributed by atoms with Crippen LogP contribution in [0.4, 0.5) is 23.2 Å². The number of nitro benzene ring substituents is 1. The highest BCUT2D eigenvalue weighted by molar-refractivity contribution is 7.99. The summed E-state index contributed by atoms with van der Waals surface area (Å²) >= 11 is 0.599. The van der Waals surface area contributed by atoms with E-state index in [0.29, 0.717) is 23.4 Å². The molecule has 3 aromatic rings. The number of aromatic nitrogens is 4. The maximum atomic E-state index is 13.3. The third kappa shape index (κ3) is 4.39. The number of alkyl halides is 3. The van der Waals surface area contributed by atoms with Crippen molar-refractivity contribution in [3.63, 3.8) is 0 Å². The van der Waals surface area contributed by atoms with E-state index in [4.69, 9.17) is 0 Å². The smallest absolute Gasteiger partial charge is 0.293 e. The molecule has 0 radical (unpaired) electrons. The van der Waals surface area contributed by atoms with Crippen LogP contribution in [0.25, 0.3) is 11.4 Å². The Kier molecular flexibility index (Phi) is 5.08. The highest BCUT2D eigenvalue weighted by Crippen LogP contribution is 2.36. The molecule has 2 heterocycles. The fraction of sp³-hybridized carbons (Fsp3) is 0.133.